The molecule has 0 bridgehead atoms. The highest BCUT2D eigenvalue weighted by Crippen LogP contribution is 2.18. The summed E-state index contributed by atoms with van der Waals surface area (Å²) in [5.74, 6) is -0.969. The molecule has 5 heteroatoms. The lowest BCUT2D eigenvalue weighted by atomic mass is 9.97. The monoisotopic (exact) mass is 306 g/mol. The van der Waals surface area contributed by atoms with Gasteiger partial charge in [-0.05, 0) is 37.0 Å². The predicted octanol–water partition coefficient (Wildman–Crippen LogP) is 2.80. The molecule has 0 aliphatic carbocycles. The van der Waals surface area contributed by atoms with Crippen molar-refractivity contribution < 1.29 is 14.7 Å². The van der Waals surface area contributed by atoms with Gasteiger partial charge in [0.15, 0.2) is 0 Å². The number of carbonyl (C=O) groups excluding carboxylic acids is 1. The Morgan fingerprint density at radius 1 is 1.23 bits per heavy atom. The minimum absolute atomic E-state index is 0.0277. The van der Waals surface area contributed by atoms with E-state index in [4.69, 9.17) is 10.8 Å². The summed E-state index contributed by atoms with van der Waals surface area (Å²) in [5, 5.41) is 11.8. The molecular weight excluding hydrogens is 280 g/mol. The highest BCUT2D eigenvalue weighted by molar-refractivity contribution is 5.92. The molecule has 0 radical (unpaired) electrons. The fourth-order valence-corrected chi connectivity index (χ4v) is 2.47. The Hall–Kier alpha value is -1.88. The molecule has 1 rings (SSSR count). The van der Waals surface area contributed by atoms with Crippen LogP contribution in [0.2, 0.25) is 0 Å². The molecule has 1 atom stereocenters. The molecule has 0 aliphatic rings. The number of nitrogens with one attached hydrogen (secondary N) is 1. The zero-order valence-corrected chi connectivity index (χ0v) is 13.3. The molecule has 4 N–H and O–H groups in total. The van der Waals surface area contributed by atoms with Crippen LogP contribution in [0.15, 0.2) is 24.3 Å². The van der Waals surface area contributed by atoms with Gasteiger partial charge in [-0.15, -0.1) is 0 Å². The predicted molar refractivity (Wildman–Crippen MR) is 87.7 cm³/mol. The normalized spacial score (nSPS) is 12.2. The molecule has 0 fully saturated rings. The van der Waals surface area contributed by atoms with Gasteiger partial charge in [0.25, 0.3) is 0 Å². The van der Waals surface area contributed by atoms with Gasteiger partial charge >= 0.3 is 5.97 Å². The number of carboxylic acids is 1. The molecular formula is C17H26N2O3. The molecule has 1 unspecified atom stereocenters. The van der Waals surface area contributed by atoms with E-state index >= 15 is 0 Å². The fraction of sp³-hybridized carbons (Fsp3) is 0.529. The maximum atomic E-state index is 12.3. The van der Waals surface area contributed by atoms with E-state index in [1.165, 1.54) is 0 Å². The molecule has 0 aliphatic heterocycles. The number of anilines is 1. The topological polar surface area (TPSA) is 92.4 Å². The van der Waals surface area contributed by atoms with E-state index in [1.54, 1.807) is 12.1 Å². The zero-order valence-electron chi connectivity index (χ0n) is 13.3. The van der Waals surface area contributed by atoms with Gasteiger partial charge in [0, 0.05) is 11.6 Å². The number of amides is 1. The number of nitrogens with two attached hydrogens (primary N) is 1. The van der Waals surface area contributed by atoms with Crippen molar-refractivity contribution in [3.8, 4) is 0 Å². The summed E-state index contributed by atoms with van der Waals surface area (Å²) >= 11 is 0. The first kappa shape index (κ1) is 18.2. The third-order valence-corrected chi connectivity index (χ3v) is 3.61. The van der Waals surface area contributed by atoms with Crippen molar-refractivity contribution in [1.29, 1.82) is 0 Å². The molecule has 0 spiro atoms. The Bertz CT molecular complexity index is 496. The maximum Gasteiger partial charge on any atom is 0.320 e. The lowest BCUT2D eigenvalue weighted by Gasteiger charge is -2.16. The summed E-state index contributed by atoms with van der Waals surface area (Å²) < 4.78 is 0. The Morgan fingerprint density at radius 2 is 1.86 bits per heavy atom. The standard InChI is InChI=1S/C17H26N2O3/c1-3-6-13(7-4-2)16(20)19-14-9-5-8-12(10-14)11-15(18)17(21)22/h5,8-10,13,15H,3-4,6-7,11,18H2,1-2H3,(H,19,20)(H,21,22). The summed E-state index contributed by atoms with van der Waals surface area (Å²) in [6.45, 7) is 4.15. The molecule has 1 aromatic carbocycles. The van der Waals surface area contributed by atoms with E-state index in [-0.39, 0.29) is 18.2 Å². The van der Waals surface area contributed by atoms with Crippen molar-refractivity contribution in [2.45, 2.75) is 52.0 Å². The van der Waals surface area contributed by atoms with Crippen molar-refractivity contribution in [2.75, 3.05) is 5.32 Å². The molecule has 22 heavy (non-hydrogen) atoms. The average Bonchev–Trinajstić information content (AvgIpc) is 2.47. The van der Waals surface area contributed by atoms with Gasteiger partial charge in [0.1, 0.15) is 6.04 Å². The second-order valence-corrected chi connectivity index (χ2v) is 5.61. The van der Waals surface area contributed by atoms with Crippen LogP contribution in [-0.4, -0.2) is 23.0 Å². The van der Waals surface area contributed by atoms with Crippen LogP contribution in [0.1, 0.15) is 45.1 Å². The van der Waals surface area contributed by atoms with E-state index < -0.39 is 12.0 Å². The van der Waals surface area contributed by atoms with Gasteiger partial charge in [-0.25, -0.2) is 0 Å². The molecule has 5 nitrogen and oxygen atoms in total. The number of rotatable bonds is 9. The number of aliphatic carboxylic acids is 1. The van der Waals surface area contributed by atoms with Crippen molar-refractivity contribution in [2.24, 2.45) is 11.7 Å². The van der Waals surface area contributed by atoms with Crippen molar-refractivity contribution in [3.63, 3.8) is 0 Å². The molecule has 1 amide bonds. The lowest BCUT2D eigenvalue weighted by molar-refractivity contribution is -0.138. The highest BCUT2D eigenvalue weighted by Gasteiger charge is 2.17. The van der Waals surface area contributed by atoms with Gasteiger partial charge in [-0.3, -0.25) is 9.59 Å². The van der Waals surface area contributed by atoms with Crippen LogP contribution in [0.5, 0.6) is 0 Å². The Balaban J connectivity index is 2.72. The highest BCUT2D eigenvalue weighted by atomic mass is 16.4. The Morgan fingerprint density at radius 3 is 2.41 bits per heavy atom. The van der Waals surface area contributed by atoms with Gasteiger partial charge < -0.3 is 16.2 Å². The van der Waals surface area contributed by atoms with Crippen LogP contribution >= 0.6 is 0 Å². The van der Waals surface area contributed by atoms with Crippen LogP contribution < -0.4 is 11.1 Å². The number of carbonyl (C=O) groups is 2. The van der Waals surface area contributed by atoms with Crippen LogP contribution in [0, 0.1) is 5.92 Å². The van der Waals surface area contributed by atoms with Crippen LogP contribution in [0.3, 0.4) is 0 Å². The molecule has 1 aromatic rings. The van der Waals surface area contributed by atoms with Crippen molar-refractivity contribution in [3.05, 3.63) is 29.8 Å². The first-order chi connectivity index (χ1) is 10.5. The quantitative estimate of drug-likeness (QED) is 0.654. The van der Waals surface area contributed by atoms with Crippen LogP contribution in [-0.2, 0) is 16.0 Å². The number of carboxylic acid groups (broad SMARTS) is 1. The van der Waals surface area contributed by atoms with Crippen LogP contribution in [0.25, 0.3) is 0 Å². The zero-order chi connectivity index (χ0) is 16.5. The second-order valence-electron chi connectivity index (χ2n) is 5.61. The summed E-state index contributed by atoms with van der Waals surface area (Å²) in [6, 6.07) is 6.28. The summed E-state index contributed by atoms with van der Waals surface area (Å²) in [4.78, 5) is 23.1. The summed E-state index contributed by atoms with van der Waals surface area (Å²) in [5.41, 5.74) is 7.03. The number of hydrogen-bond acceptors (Lipinski definition) is 3. The largest absolute Gasteiger partial charge is 0.480 e. The van der Waals surface area contributed by atoms with Gasteiger partial charge in [-0.2, -0.15) is 0 Å². The van der Waals surface area contributed by atoms with Gasteiger partial charge in [-0.1, -0.05) is 38.8 Å². The third kappa shape index (κ3) is 5.85. The lowest BCUT2D eigenvalue weighted by Crippen LogP contribution is -2.32. The van der Waals surface area contributed by atoms with Crippen LogP contribution in [0.4, 0.5) is 5.69 Å². The van der Waals surface area contributed by atoms with E-state index in [2.05, 4.69) is 19.2 Å². The van der Waals surface area contributed by atoms with E-state index in [0.717, 1.165) is 31.2 Å². The maximum absolute atomic E-state index is 12.3. The summed E-state index contributed by atoms with van der Waals surface area (Å²) in [6.07, 6.45) is 3.95. The Kier molecular flexibility index (Phi) is 7.60. The summed E-state index contributed by atoms with van der Waals surface area (Å²) in [7, 11) is 0. The minimum atomic E-state index is -1.03. The molecule has 0 saturated heterocycles. The number of benzene rings is 1. The second kappa shape index (κ2) is 9.20. The number of hydrogen-bond donors (Lipinski definition) is 3. The fourth-order valence-electron chi connectivity index (χ4n) is 2.47. The first-order valence-electron chi connectivity index (χ1n) is 7.86. The first-order valence-corrected chi connectivity index (χ1v) is 7.86. The SMILES string of the molecule is CCCC(CCC)C(=O)Nc1cccc(CC(N)C(=O)O)c1. The van der Waals surface area contributed by atoms with E-state index in [0.29, 0.717) is 5.69 Å². The van der Waals surface area contributed by atoms with Gasteiger partial charge in [0.2, 0.25) is 5.91 Å². The molecule has 122 valence electrons. The average molecular weight is 306 g/mol. The molecule has 0 heterocycles. The third-order valence-electron chi connectivity index (χ3n) is 3.61. The van der Waals surface area contributed by atoms with Crippen molar-refractivity contribution in [1.82, 2.24) is 0 Å². The molecule has 0 aromatic heterocycles. The van der Waals surface area contributed by atoms with E-state index in [9.17, 15) is 9.59 Å². The molecule has 0 saturated carbocycles. The van der Waals surface area contributed by atoms with Gasteiger partial charge in [0.05, 0.1) is 0 Å². The Labute approximate surface area is 131 Å². The van der Waals surface area contributed by atoms with Crippen molar-refractivity contribution >= 4 is 17.6 Å². The van der Waals surface area contributed by atoms with E-state index in [1.807, 2.05) is 12.1 Å². The minimum Gasteiger partial charge on any atom is -0.480 e. The smallest absolute Gasteiger partial charge is 0.320 e.